The number of aromatic nitrogens is 3. The molecule has 2 aliphatic rings. The SMILES string of the molecule is CC(=O)c1ccccc1OCC(=O)N1C[C@@H]2CN(C(=O)c3ccc4[nH]nnc4c3)C[C@H]2C1. The lowest BCUT2D eigenvalue weighted by molar-refractivity contribution is -0.132. The summed E-state index contributed by atoms with van der Waals surface area (Å²) in [5.41, 5.74) is 2.52. The number of hydrogen-bond acceptors (Lipinski definition) is 6. The summed E-state index contributed by atoms with van der Waals surface area (Å²) in [5.74, 6) is 0.703. The number of nitrogens with one attached hydrogen (secondary N) is 1. The van der Waals surface area contributed by atoms with Crippen molar-refractivity contribution in [1.82, 2.24) is 25.2 Å². The average Bonchev–Trinajstić information content (AvgIpc) is 3.51. The Hall–Kier alpha value is -3.75. The molecule has 9 nitrogen and oxygen atoms in total. The van der Waals surface area contributed by atoms with E-state index in [1.165, 1.54) is 6.92 Å². The van der Waals surface area contributed by atoms with E-state index < -0.39 is 0 Å². The first-order valence-corrected chi connectivity index (χ1v) is 10.6. The maximum atomic E-state index is 12.9. The number of carbonyl (C=O) groups excluding carboxylic acids is 3. The zero-order valence-electron chi connectivity index (χ0n) is 17.7. The van der Waals surface area contributed by atoms with Gasteiger partial charge in [-0.25, -0.2) is 0 Å². The smallest absolute Gasteiger partial charge is 0.260 e. The van der Waals surface area contributed by atoms with Gasteiger partial charge in [-0.1, -0.05) is 17.3 Å². The summed E-state index contributed by atoms with van der Waals surface area (Å²) in [6.07, 6.45) is 0. The van der Waals surface area contributed by atoms with Crippen molar-refractivity contribution in [2.24, 2.45) is 11.8 Å². The van der Waals surface area contributed by atoms with Crippen LogP contribution in [-0.4, -0.2) is 75.6 Å². The molecule has 0 saturated carbocycles. The molecule has 2 aromatic carbocycles. The van der Waals surface area contributed by atoms with Crippen molar-refractivity contribution in [2.45, 2.75) is 6.92 Å². The van der Waals surface area contributed by atoms with Crippen molar-refractivity contribution in [3.8, 4) is 5.75 Å². The highest BCUT2D eigenvalue weighted by Crippen LogP contribution is 2.32. The molecule has 164 valence electrons. The van der Waals surface area contributed by atoms with Crippen LogP contribution in [0.2, 0.25) is 0 Å². The topological polar surface area (TPSA) is 108 Å². The highest BCUT2D eigenvalue weighted by Gasteiger charge is 2.43. The van der Waals surface area contributed by atoms with Gasteiger partial charge in [-0.2, -0.15) is 0 Å². The van der Waals surface area contributed by atoms with E-state index >= 15 is 0 Å². The van der Waals surface area contributed by atoms with Crippen LogP contribution in [0.5, 0.6) is 5.75 Å². The molecule has 2 saturated heterocycles. The molecule has 2 fully saturated rings. The summed E-state index contributed by atoms with van der Waals surface area (Å²) in [7, 11) is 0. The summed E-state index contributed by atoms with van der Waals surface area (Å²) in [4.78, 5) is 41.0. The van der Waals surface area contributed by atoms with E-state index in [0.717, 1.165) is 5.52 Å². The number of ether oxygens (including phenoxy) is 1. The van der Waals surface area contributed by atoms with Gasteiger partial charge in [0.25, 0.3) is 11.8 Å². The fraction of sp³-hybridized carbons (Fsp3) is 0.348. The molecule has 5 rings (SSSR count). The van der Waals surface area contributed by atoms with Crippen LogP contribution in [0.4, 0.5) is 0 Å². The van der Waals surface area contributed by atoms with Crippen LogP contribution in [0.1, 0.15) is 27.6 Å². The molecule has 0 spiro atoms. The molecule has 3 aromatic rings. The number of Topliss-reactive ketones (excluding diaryl/α,β-unsaturated/α-hetero) is 1. The number of amides is 2. The second-order valence-corrected chi connectivity index (χ2v) is 8.41. The molecule has 0 radical (unpaired) electrons. The van der Waals surface area contributed by atoms with Crippen molar-refractivity contribution in [3.63, 3.8) is 0 Å². The Morgan fingerprint density at radius 1 is 1.03 bits per heavy atom. The Labute approximate surface area is 184 Å². The minimum atomic E-state index is -0.107. The first kappa shape index (κ1) is 20.2. The zero-order chi connectivity index (χ0) is 22.2. The number of H-pyrrole nitrogens is 1. The molecule has 2 aliphatic heterocycles. The van der Waals surface area contributed by atoms with Gasteiger partial charge in [0.15, 0.2) is 12.4 Å². The van der Waals surface area contributed by atoms with Gasteiger partial charge in [0.1, 0.15) is 11.3 Å². The fourth-order valence-electron chi connectivity index (χ4n) is 4.63. The summed E-state index contributed by atoms with van der Waals surface area (Å²) < 4.78 is 5.65. The van der Waals surface area contributed by atoms with Crippen LogP contribution in [0, 0.1) is 11.8 Å². The van der Waals surface area contributed by atoms with Crippen LogP contribution in [0.15, 0.2) is 42.5 Å². The summed E-state index contributed by atoms with van der Waals surface area (Å²) in [5, 5.41) is 10.5. The fourth-order valence-corrected chi connectivity index (χ4v) is 4.63. The van der Waals surface area contributed by atoms with Crippen molar-refractivity contribution in [3.05, 3.63) is 53.6 Å². The van der Waals surface area contributed by atoms with Gasteiger partial charge < -0.3 is 14.5 Å². The third-order valence-electron chi connectivity index (χ3n) is 6.32. The van der Waals surface area contributed by atoms with Gasteiger partial charge >= 0.3 is 0 Å². The van der Waals surface area contributed by atoms with E-state index in [2.05, 4.69) is 15.4 Å². The second-order valence-electron chi connectivity index (χ2n) is 8.41. The lowest BCUT2D eigenvalue weighted by Gasteiger charge is -2.22. The van der Waals surface area contributed by atoms with Gasteiger partial charge in [-0.15, -0.1) is 5.10 Å². The Balaban J connectivity index is 1.17. The largest absolute Gasteiger partial charge is 0.483 e. The number of rotatable bonds is 5. The van der Waals surface area contributed by atoms with Gasteiger partial charge in [0.2, 0.25) is 0 Å². The van der Waals surface area contributed by atoms with E-state index in [-0.39, 0.29) is 36.0 Å². The quantitative estimate of drug-likeness (QED) is 0.615. The number of para-hydroxylation sites is 1. The third kappa shape index (κ3) is 3.70. The Morgan fingerprint density at radius 3 is 2.50 bits per heavy atom. The molecule has 0 bridgehead atoms. The minimum absolute atomic E-state index is 0.0219. The molecule has 1 aromatic heterocycles. The number of carbonyl (C=O) groups is 3. The van der Waals surface area contributed by atoms with Crippen LogP contribution >= 0.6 is 0 Å². The average molecular weight is 433 g/mol. The maximum Gasteiger partial charge on any atom is 0.260 e. The zero-order valence-corrected chi connectivity index (χ0v) is 17.7. The van der Waals surface area contributed by atoms with E-state index in [1.807, 2.05) is 11.0 Å². The number of aromatic amines is 1. The standard InChI is InChI=1S/C23H23N5O4/c1-14(29)18-4-2-3-5-21(18)32-13-22(30)27-9-16-11-28(12-17(16)10-27)23(31)15-6-7-19-20(8-15)25-26-24-19/h2-8,16-17H,9-13H2,1H3,(H,24,25,26)/t16-,17-/m1/s1. The summed E-state index contributed by atoms with van der Waals surface area (Å²) in [6.45, 7) is 3.82. The lowest BCUT2D eigenvalue weighted by Crippen LogP contribution is -2.37. The van der Waals surface area contributed by atoms with Gasteiger partial charge in [0.05, 0.1) is 11.1 Å². The van der Waals surface area contributed by atoms with Crippen LogP contribution in [0.3, 0.4) is 0 Å². The normalized spacial score (nSPS) is 19.9. The first-order valence-electron chi connectivity index (χ1n) is 10.6. The monoisotopic (exact) mass is 433 g/mol. The first-order chi connectivity index (χ1) is 15.5. The van der Waals surface area contributed by atoms with Crippen molar-refractivity contribution in [2.75, 3.05) is 32.8 Å². The highest BCUT2D eigenvalue weighted by atomic mass is 16.5. The molecule has 3 heterocycles. The molecule has 1 N–H and O–H groups in total. The van der Waals surface area contributed by atoms with E-state index in [0.29, 0.717) is 48.6 Å². The number of ketones is 1. The van der Waals surface area contributed by atoms with Gasteiger partial charge in [0, 0.05) is 43.6 Å². The summed E-state index contributed by atoms with van der Waals surface area (Å²) >= 11 is 0. The minimum Gasteiger partial charge on any atom is -0.483 e. The predicted molar refractivity (Wildman–Crippen MR) is 115 cm³/mol. The Morgan fingerprint density at radius 2 is 1.75 bits per heavy atom. The molecule has 2 amide bonds. The third-order valence-corrected chi connectivity index (χ3v) is 6.32. The van der Waals surface area contributed by atoms with Crippen molar-refractivity contribution >= 4 is 28.6 Å². The predicted octanol–water partition coefficient (Wildman–Crippen LogP) is 1.77. The molecular weight excluding hydrogens is 410 g/mol. The van der Waals surface area contributed by atoms with Crippen molar-refractivity contribution in [1.29, 1.82) is 0 Å². The van der Waals surface area contributed by atoms with Crippen LogP contribution in [0.25, 0.3) is 11.0 Å². The number of hydrogen-bond donors (Lipinski definition) is 1. The van der Waals surface area contributed by atoms with Crippen LogP contribution in [-0.2, 0) is 4.79 Å². The number of benzene rings is 2. The maximum absolute atomic E-state index is 12.9. The van der Waals surface area contributed by atoms with Gasteiger partial charge in [-0.3, -0.25) is 19.5 Å². The van der Waals surface area contributed by atoms with Crippen molar-refractivity contribution < 1.29 is 19.1 Å². The van der Waals surface area contributed by atoms with Gasteiger partial charge in [-0.05, 0) is 37.3 Å². The van der Waals surface area contributed by atoms with E-state index in [4.69, 9.17) is 4.74 Å². The van der Waals surface area contributed by atoms with Crippen LogP contribution < -0.4 is 4.74 Å². The Kier molecular flexibility index (Phi) is 5.08. The Bertz CT molecular complexity index is 1190. The van der Waals surface area contributed by atoms with E-state index in [9.17, 15) is 14.4 Å². The molecule has 2 atom stereocenters. The number of fused-ring (bicyclic) bond motifs is 2. The summed E-state index contributed by atoms with van der Waals surface area (Å²) in [6, 6.07) is 12.3. The number of likely N-dealkylation sites (tertiary alicyclic amines) is 2. The molecule has 0 aliphatic carbocycles. The molecule has 0 unspecified atom stereocenters. The molecule has 9 heteroatoms. The molecular formula is C23H23N5O4. The lowest BCUT2D eigenvalue weighted by atomic mass is 10.0. The second kappa shape index (κ2) is 8.07. The van der Waals surface area contributed by atoms with E-state index in [1.54, 1.807) is 41.3 Å². The number of nitrogens with zero attached hydrogens (tertiary/aromatic N) is 4. The molecule has 32 heavy (non-hydrogen) atoms. The highest BCUT2D eigenvalue weighted by molar-refractivity contribution is 5.98.